The average molecular weight is 235 g/mol. The standard InChI is InChI=1S/C14H21NO2/c1-15(13-8-4-5-9-14(13)17)12-7-3-2-6-11(12)10-16/h2-3,6-7,13-14,16-17H,4-5,8-10H2,1H3. The molecule has 2 N–H and O–H groups in total. The fourth-order valence-electron chi connectivity index (χ4n) is 2.71. The van der Waals surface area contributed by atoms with Crippen LogP contribution >= 0.6 is 0 Å². The summed E-state index contributed by atoms with van der Waals surface area (Å²) in [6, 6.07) is 8.02. The Morgan fingerprint density at radius 3 is 2.65 bits per heavy atom. The number of rotatable bonds is 3. The third-order valence-electron chi connectivity index (χ3n) is 3.73. The highest BCUT2D eigenvalue weighted by Gasteiger charge is 2.27. The van der Waals surface area contributed by atoms with E-state index in [1.165, 1.54) is 6.42 Å². The molecule has 0 spiro atoms. The normalized spacial score (nSPS) is 24.6. The van der Waals surface area contributed by atoms with Crippen molar-refractivity contribution >= 4 is 5.69 Å². The summed E-state index contributed by atoms with van der Waals surface area (Å²) >= 11 is 0. The van der Waals surface area contributed by atoms with Crippen LogP contribution in [0.15, 0.2) is 24.3 Å². The second-order valence-corrected chi connectivity index (χ2v) is 4.82. The fourth-order valence-corrected chi connectivity index (χ4v) is 2.71. The summed E-state index contributed by atoms with van der Waals surface area (Å²) in [6.45, 7) is 0.0450. The van der Waals surface area contributed by atoms with Crippen LogP contribution in [0.4, 0.5) is 5.69 Å². The molecule has 17 heavy (non-hydrogen) atoms. The van der Waals surface area contributed by atoms with Gasteiger partial charge in [-0.15, -0.1) is 0 Å². The molecule has 1 aliphatic carbocycles. The van der Waals surface area contributed by atoms with E-state index in [9.17, 15) is 10.2 Å². The van der Waals surface area contributed by atoms with Crippen LogP contribution in [-0.4, -0.2) is 29.4 Å². The van der Waals surface area contributed by atoms with E-state index in [1.807, 2.05) is 31.3 Å². The van der Waals surface area contributed by atoms with E-state index in [2.05, 4.69) is 4.90 Å². The minimum Gasteiger partial charge on any atom is -0.392 e. The number of likely N-dealkylation sites (N-methyl/N-ethyl adjacent to an activating group) is 1. The number of aliphatic hydroxyl groups excluding tert-OH is 2. The molecule has 0 bridgehead atoms. The number of hydrogen-bond donors (Lipinski definition) is 2. The van der Waals surface area contributed by atoms with Gasteiger partial charge in [0.2, 0.25) is 0 Å². The van der Waals surface area contributed by atoms with Gasteiger partial charge < -0.3 is 15.1 Å². The summed E-state index contributed by atoms with van der Waals surface area (Å²) in [5.41, 5.74) is 1.95. The summed E-state index contributed by atoms with van der Waals surface area (Å²) in [7, 11) is 2.01. The molecule has 1 fully saturated rings. The van der Waals surface area contributed by atoms with Gasteiger partial charge in [-0.3, -0.25) is 0 Å². The maximum absolute atomic E-state index is 10.1. The van der Waals surface area contributed by atoms with E-state index in [0.29, 0.717) is 0 Å². The Morgan fingerprint density at radius 1 is 1.24 bits per heavy atom. The predicted molar refractivity (Wildman–Crippen MR) is 69.0 cm³/mol. The van der Waals surface area contributed by atoms with Gasteiger partial charge in [-0.2, -0.15) is 0 Å². The molecule has 0 amide bonds. The lowest BCUT2D eigenvalue weighted by Crippen LogP contribution is -2.43. The topological polar surface area (TPSA) is 43.7 Å². The van der Waals surface area contributed by atoms with E-state index < -0.39 is 0 Å². The van der Waals surface area contributed by atoms with Crippen molar-refractivity contribution < 1.29 is 10.2 Å². The average Bonchev–Trinajstić information content (AvgIpc) is 2.38. The summed E-state index contributed by atoms with van der Waals surface area (Å²) in [6.07, 6.45) is 3.95. The largest absolute Gasteiger partial charge is 0.392 e. The zero-order valence-corrected chi connectivity index (χ0v) is 10.3. The van der Waals surface area contributed by atoms with Crippen molar-refractivity contribution in [1.29, 1.82) is 0 Å². The van der Waals surface area contributed by atoms with Crippen LogP contribution in [0, 0.1) is 0 Å². The summed E-state index contributed by atoms with van der Waals surface area (Å²) in [4.78, 5) is 2.12. The maximum atomic E-state index is 10.1. The monoisotopic (exact) mass is 235 g/mol. The smallest absolute Gasteiger partial charge is 0.0743 e. The quantitative estimate of drug-likeness (QED) is 0.841. The van der Waals surface area contributed by atoms with Gasteiger partial charge in [-0.1, -0.05) is 31.0 Å². The van der Waals surface area contributed by atoms with Crippen LogP contribution < -0.4 is 4.90 Å². The molecule has 3 nitrogen and oxygen atoms in total. The van der Waals surface area contributed by atoms with Gasteiger partial charge in [0, 0.05) is 18.3 Å². The highest BCUT2D eigenvalue weighted by Crippen LogP contribution is 2.28. The summed E-state index contributed by atoms with van der Waals surface area (Å²) in [5, 5.41) is 19.4. The van der Waals surface area contributed by atoms with E-state index in [4.69, 9.17) is 0 Å². The van der Waals surface area contributed by atoms with Crippen molar-refractivity contribution in [3.05, 3.63) is 29.8 Å². The molecule has 1 aliphatic rings. The second-order valence-electron chi connectivity index (χ2n) is 4.82. The van der Waals surface area contributed by atoms with Gasteiger partial charge in [0.15, 0.2) is 0 Å². The van der Waals surface area contributed by atoms with Crippen molar-refractivity contribution in [2.45, 2.75) is 44.4 Å². The van der Waals surface area contributed by atoms with Crippen LogP contribution in [0.25, 0.3) is 0 Å². The first kappa shape index (κ1) is 12.4. The second kappa shape index (κ2) is 5.52. The molecule has 2 rings (SSSR count). The Kier molecular flexibility index (Phi) is 4.02. The number of para-hydroxylation sites is 1. The first-order valence-electron chi connectivity index (χ1n) is 6.33. The highest BCUT2D eigenvalue weighted by atomic mass is 16.3. The summed E-state index contributed by atoms with van der Waals surface area (Å²) in [5.74, 6) is 0. The predicted octanol–water partition coefficient (Wildman–Crippen LogP) is 1.92. The van der Waals surface area contributed by atoms with Gasteiger partial charge in [-0.25, -0.2) is 0 Å². The first-order chi connectivity index (χ1) is 8.24. The molecular formula is C14H21NO2. The van der Waals surface area contributed by atoms with Crippen molar-refractivity contribution in [2.24, 2.45) is 0 Å². The van der Waals surface area contributed by atoms with Gasteiger partial charge in [0.1, 0.15) is 0 Å². The van der Waals surface area contributed by atoms with Crippen molar-refractivity contribution in [3.63, 3.8) is 0 Å². The zero-order valence-electron chi connectivity index (χ0n) is 10.3. The first-order valence-corrected chi connectivity index (χ1v) is 6.33. The third-order valence-corrected chi connectivity index (χ3v) is 3.73. The van der Waals surface area contributed by atoms with Crippen LogP contribution in [0.2, 0.25) is 0 Å². The molecule has 0 heterocycles. The minimum absolute atomic E-state index is 0.0450. The minimum atomic E-state index is -0.250. The summed E-state index contributed by atoms with van der Waals surface area (Å²) < 4.78 is 0. The lowest BCUT2D eigenvalue weighted by atomic mass is 9.91. The van der Waals surface area contributed by atoms with Crippen LogP contribution in [0.3, 0.4) is 0 Å². The molecule has 2 unspecified atom stereocenters. The zero-order chi connectivity index (χ0) is 12.3. The molecule has 0 aliphatic heterocycles. The van der Waals surface area contributed by atoms with Gasteiger partial charge in [0.25, 0.3) is 0 Å². The van der Waals surface area contributed by atoms with E-state index >= 15 is 0 Å². The number of anilines is 1. The molecule has 0 aromatic heterocycles. The van der Waals surface area contributed by atoms with Crippen molar-refractivity contribution in [3.8, 4) is 0 Å². The number of benzene rings is 1. The van der Waals surface area contributed by atoms with E-state index in [0.717, 1.165) is 30.5 Å². The molecule has 0 radical (unpaired) electrons. The molecule has 3 heteroatoms. The Hall–Kier alpha value is -1.06. The maximum Gasteiger partial charge on any atom is 0.0743 e. The number of hydrogen-bond acceptors (Lipinski definition) is 3. The Labute approximate surface area is 103 Å². The Morgan fingerprint density at radius 2 is 1.94 bits per heavy atom. The Balaban J connectivity index is 2.20. The molecule has 1 saturated carbocycles. The van der Waals surface area contributed by atoms with E-state index in [1.54, 1.807) is 0 Å². The molecule has 1 aromatic rings. The van der Waals surface area contributed by atoms with Gasteiger partial charge in [0.05, 0.1) is 18.8 Å². The third kappa shape index (κ3) is 2.61. The number of aliphatic hydroxyl groups is 2. The van der Waals surface area contributed by atoms with Crippen molar-refractivity contribution in [2.75, 3.05) is 11.9 Å². The van der Waals surface area contributed by atoms with E-state index in [-0.39, 0.29) is 18.8 Å². The number of nitrogens with zero attached hydrogens (tertiary/aromatic N) is 1. The Bertz CT molecular complexity index is 367. The molecule has 1 aromatic carbocycles. The van der Waals surface area contributed by atoms with Crippen molar-refractivity contribution in [1.82, 2.24) is 0 Å². The van der Waals surface area contributed by atoms with Crippen LogP contribution in [0.5, 0.6) is 0 Å². The van der Waals surface area contributed by atoms with Gasteiger partial charge in [-0.05, 0) is 18.9 Å². The fraction of sp³-hybridized carbons (Fsp3) is 0.571. The molecule has 0 saturated heterocycles. The van der Waals surface area contributed by atoms with Gasteiger partial charge >= 0.3 is 0 Å². The van der Waals surface area contributed by atoms with Crippen LogP contribution in [-0.2, 0) is 6.61 Å². The highest BCUT2D eigenvalue weighted by molar-refractivity contribution is 5.53. The SMILES string of the molecule is CN(c1ccccc1CO)C1CCCCC1O. The van der Waals surface area contributed by atoms with Crippen LogP contribution in [0.1, 0.15) is 31.2 Å². The molecule has 2 atom stereocenters. The molecule has 94 valence electrons. The lowest BCUT2D eigenvalue weighted by Gasteiger charge is -2.37. The molecular weight excluding hydrogens is 214 g/mol. The lowest BCUT2D eigenvalue weighted by molar-refractivity contribution is 0.106.